The predicted molar refractivity (Wildman–Crippen MR) is 95.8 cm³/mol. The summed E-state index contributed by atoms with van der Waals surface area (Å²) in [6.07, 6.45) is 0.429. The number of hydrogen-bond acceptors (Lipinski definition) is 5. The van der Waals surface area contributed by atoms with Gasteiger partial charge < -0.3 is 14.8 Å². The first kappa shape index (κ1) is 19.2. The van der Waals surface area contributed by atoms with E-state index in [4.69, 9.17) is 9.47 Å². The Morgan fingerprint density at radius 2 is 1.62 bits per heavy atom. The summed E-state index contributed by atoms with van der Waals surface area (Å²) in [5.74, 6) is -0.543. The molecule has 0 unspecified atom stereocenters. The molecule has 6 heteroatoms. The Morgan fingerprint density at radius 1 is 0.923 bits per heavy atom. The zero-order valence-corrected chi connectivity index (χ0v) is 14.6. The number of amides is 1. The number of carbonyl (C=O) groups is 3. The molecule has 0 bridgehead atoms. The molecule has 0 aromatic heterocycles. The second kappa shape index (κ2) is 9.98. The van der Waals surface area contributed by atoms with Crippen LogP contribution in [0.3, 0.4) is 0 Å². The number of rotatable bonds is 9. The van der Waals surface area contributed by atoms with Gasteiger partial charge in [-0.25, -0.2) is 4.79 Å². The Labute approximate surface area is 152 Å². The van der Waals surface area contributed by atoms with E-state index in [1.165, 1.54) is 0 Å². The molecule has 0 spiro atoms. The van der Waals surface area contributed by atoms with Crippen LogP contribution in [0.2, 0.25) is 0 Å². The second-order valence-corrected chi connectivity index (χ2v) is 5.51. The van der Waals surface area contributed by atoms with Gasteiger partial charge in [0.15, 0.2) is 19.0 Å². The molecule has 0 saturated carbocycles. The lowest BCUT2D eigenvalue weighted by Gasteiger charge is -2.08. The van der Waals surface area contributed by atoms with Gasteiger partial charge in [0.1, 0.15) is 5.75 Å². The normalized spacial score (nSPS) is 10.0. The van der Waals surface area contributed by atoms with Crippen molar-refractivity contribution in [1.29, 1.82) is 0 Å². The Bertz CT molecular complexity index is 741. The molecule has 1 N–H and O–H groups in total. The number of ether oxygens (including phenoxy) is 2. The highest BCUT2D eigenvalue weighted by atomic mass is 16.6. The van der Waals surface area contributed by atoms with E-state index in [0.29, 0.717) is 24.3 Å². The summed E-state index contributed by atoms with van der Waals surface area (Å²) in [6, 6.07) is 15.9. The van der Waals surface area contributed by atoms with Crippen molar-refractivity contribution in [2.75, 3.05) is 13.2 Å². The molecule has 2 aromatic rings. The molecule has 26 heavy (non-hydrogen) atoms. The maximum atomic E-state index is 11.7. The fourth-order valence-electron chi connectivity index (χ4n) is 2.12. The van der Waals surface area contributed by atoms with Crippen molar-refractivity contribution < 1.29 is 23.9 Å². The van der Waals surface area contributed by atoms with Gasteiger partial charge in [0, 0.05) is 18.5 Å². The standard InChI is InChI=1S/C20H21NO5/c1-2-18(22)16-8-10-17(11-9-16)25-14-20(24)26-13-19(23)21-12-15-6-4-3-5-7-15/h3-11H,2,12-14H2,1H3,(H,21,23). The van der Waals surface area contributed by atoms with Crippen LogP contribution in [0.25, 0.3) is 0 Å². The third-order valence-electron chi connectivity index (χ3n) is 3.55. The van der Waals surface area contributed by atoms with Gasteiger partial charge >= 0.3 is 5.97 Å². The zero-order chi connectivity index (χ0) is 18.8. The molecule has 0 radical (unpaired) electrons. The van der Waals surface area contributed by atoms with E-state index < -0.39 is 5.97 Å². The zero-order valence-electron chi connectivity index (χ0n) is 14.6. The van der Waals surface area contributed by atoms with E-state index in [1.54, 1.807) is 31.2 Å². The topological polar surface area (TPSA) is 81.7 Å². The first-order valence-electron chi connectivity index (χ1n) is 8.30. The van der Waals surface area contributed by atoms with Crippen molar-refractivity contribution in [2.24, 2.45) is 0 Å². The third kappa shape index (κ3) is 6.39. The molecule has 2 rings (SSSR count). The number of ketones is 1. The molecule has 136 valence electrons. The van der Waals surface area contributed by atoms with E-state index in [-0.39, 0.29) is 24.9 Å². The Balaban J connectivity index is 1.67. The molecule has 6 nitrogen and oxygen atoms in total. The first-order chi connectivity index (χ1) is 12.6. The summed E-state index contributed by atoms with van der Waals surface area (Å²) < 4.78 is 10.1. The number of Topliss-reactive ketones (excluding diaryl/α,β-unsaturated/α-hetero) is 1. The minimum absolute atomic E-state index is 0.0393. The van der Waals surface area contributed by atoms with Crippen LogP contribution >= 0.6 is 0 Å². The van der Waals surface area contributed by atoms with E-state index in [2.05, 4.69) is 5.32 Å². The number of hydrogen-bond donors (Lipinski definition) is 1. The van der Waals surface area contributed by atoms with Crippen LogP contribution in [0.1, 0.15) is 29.3 Å². The Hall–Kier alpha value is -3.15. The highest BCUT2D eigenvalue weighted by molar-refractivity contribution is 5.95. The fourth-order valence-corrected chi connectivity index (χ4v) is 2.12. The van der Waals surface area contributed by atoms with Crippen LogP contribution in [0.15, 0.2) is 54.6 Å². The molecular formula is C20H21NO5. The molecule has 1 amide bonds. The summed E-state index contributed by atoms with van der Waals surface area (Å²) in [7, 11) is 0. The Morgan fingerprint density at radius 3 is 2.27 bits per heavy atom. The molecule has 2 aromatic carbocycles. The highest BCUT2D eigenvalue weighted by Gasteiger charge is 2.09. The van der Waals surface area contributed by atoms with Crippen molar-refractivity contribution in [3.63, 3.8) is 0 Å². The molecule has 0 aliphatic rings. The van der Waals surface area contributed by atoms with Crippen LogP contribution in [0, 0.1) is 0 Å². The maximum absolute atomic E-state index is 11.7. The van der Waals surface area contributed by atoms with E-state index in [0.717, 1.165) is 5.56 Å². The lowest BCUT2D eigenvalue weighted by Crippen LogP contribution is -2.29. The SMILES string of the molecule is CCC(=O)c1ccc(OCC(=O)OCC(=O)NCc2ccccc2)cc1. The third-order valence-corrected chi connectivity index (χ3v) is 3.55. The first-order valence-corrected chi connectivity index (χ1v) is 8.30. The number of esters is 1. The van der Waals surface area contributed by atoms with Crippen molar-refractivity contribution in [3.8, 4) is 5.75 Å². The van der Waals surface area contributed by atoms with Crippen LogP contribution in [-0.4, -0.2) is 30.9 Å². The van der Waals surface area contributed by atoms with E-state index in [1.807, 2.05) is 30.3 Å². The van der Waals surface area contributed by atoms with Crippen LogP contribution in [0.4, 0.5) is 0 Å². The van der Waals surface area contributed by atoms with Gasteiger partial charge in [-0.05, 0) is 29.8 Å². The molecule has 0 aliphatic carbocycles. The molecular weight excluding hydrogens is 334 g/mol. The lowest BCUT2D eigenvalue weighted by atomic mass is 10.1. The number of carbonyl (C=O) groups excluding carboxylic acids is 3. The monoisotopic (exact) mass is 355 g/mol. The molecule has 0 saturated heterocycles. The summed E-state index contributed by atoms with van der Waals surface area (Å²) in [5, 5.41) is 2.66. The minimum atomic E-state index is -0.645. The highest BCUT2D eigenvalue weighted by Crippen LogP contribution is 2.13. The molecule has 0 heterocycles. The molecule has 0 aliphatic heterocycles. The molecule has 0 fully saturated rings. The van der Waals surface area contributed by atoms with Gasteiger partial charge in [-0.15, -0.1) is 0 Å². The van der Waals surface area contributed by atoms with Gasteiger partial charge in [-0.2, -0.15) is 0 Å². The van der Waals surface area contributed by atoms with Gasteiger partial charge in [-0.1, -0.05) is 37.3 Å². The molecule has 0 atom stereocenters. The van der Waals surface area contributed by atoms with Crippen LogP contribution < -0.4 is 10.1 Å². The van der Waals surface area contributed by atoms with Crippen molar-refractivity contribution in [3.05, 3.63) is 65.7 Å². The fraction of sp³-hybridized carbons (Fsp3) is 0.250. The summed E-state index contributed by atoms with van der Waals surface area (Å²) in [6.45, 7) is 1.49. The van der Waals surface area contributed by atoms with E-state index >= 15 is 0 Å². The predicted octanol–water partition coefficient (Wildman–Crippen LogP) is 2.52. The van der Waals surface area contributed by atoms with Gasteiger partial charge in [0.05, 0.1) is 0 Å². The second-order valence-electron chi connectivity index (χ2n) is 5.51. The average Bonchev–Trinajstić information content (AvgIpc) is 2.69. The van der Waals surface area contributed by atoms with Crippen molar-refractivity contribution in [2.45, 2.75) is 19.9 Å². The number of nitrogens with one attached hydrogen (secondary N) is 1. The summed E-state index contributed by atoms with van der Waals surface area (Å²) >= 11 is 0. The number of benzene rings is 2. The van der Waals surface area contributed by atoms with Crippen molar-refractivity contribution >= 4 is 17.7 Å². The average molecular weight is 355 g/mol. The minimum Gasteiger partial charge on any atom is -0.482 e. The largest absolute Gasteiger partial charge is 0.482 e. The quantitative estimate of drug-likeness (QED) is 0.552. The Kier molecular flexibility index (Phi) is 7.36. The van der Waals surface area contributed by atoms with Crippen LogP contribution in [-0.2, 0) is 20.9 Å². The van der Waals surface area contributed by atoms with Gasteiger partial charge in [0.25, 0.3) is 5.91 Å². The summed E-state index contributed by atoms with van der Waals surface area (Å²) in [5.41, 5.74) is 1.55. The maximum Gasteiger partial charge on any atom is 0.344 e. The van der Waals surface area contributed by atoms with Crippen LogP contribution in [0.5, 0.6) is 5.75 Å². The van der Waals surface area contributed by atoms with Gasteiger partial charge in [0.2, 0.25) is 0 Å². The van der Waals surface area contributed by atoms with Gasteiger partial charge in [-0.3, -0.25) is 9.59 Å². The van der Waals surface area contributed by atoms with Crippen molar-refractivity contribution in [1.82, 2.24) is 5.32 Å². The smallest absolute Gasteiger partial charge is 0.344 e. The van der Waals surface area contributed by atoms with E-state index in [9.17, 15) is 14.4 Å². The summed E-state index contributed by atoms with van der Waals surface area (Å²) in [4.78, 5) is 34.8. The lowest BCUT2D eigenvalue weighted by molar-refractivity contribution is -0.150.